The smallest absolute Gasteiger partial charge is 0.154 e. The van der Waals surface area contributed by atoms with Gasteiger partial charge in [-0.2, -0.15) is 30.7 Å². The third kappa shape index (κ3) is 29.7. The fourth-order valence-corrected chi connectivity index (χ4v) is 16.3. The molecule has 0 amide bonds. The van der Waals surface area contributed by atoms with Crippen molar-refractivity contribution < 1.29 is 33.2 Å². The van der Waals surface area contributed by atoms with E-state index in [0.29, 0.717) is 11.4 Å². The van der Waals surface area contributed by atoms with Crippen molar-refractivity contribution in [2.45, 2.75) is 141 Å². The zero-order chi connectivity index (χ0) is 101. The van der Waals surface area contributed by atoms with Crippen molar-refractivity contribution in [3.8, 4) is 40.2 Å². The second kappa shape index (κ2) is 52.2. The highest BCUT2D eigenvalue weighted by atomic mass is 32.2. The maximum Gasteiger partial charge on any atom is 0.154 e. The van der Waals surface area contributed by atoms with Crippen LogP contribution in [-0.4, -0.2) is 49.8 Å². The van der Waals surface area contributed by atoms with E-state index in [1.54, 1.807) is 67.6 Å². The molecule has 0 aliphatic heterocycles. The first-order valence-corrected chi connectivity index (χ1v) is 47.7. The van der Waals surface area contributed by atoms with Crippen molar-refractivity contribution in [2.24, 2.45) is 61.4 Å². The first-order valence-electron chi connectivity index (χ1n) is 46.9. The van der Waals surface area contributed by atoms with Gasteiger partial charge in [-0.25, -0.2) is 0 Å². The number of hydrogen-bond acceptors (Lipinski definition) is 20. The Morgan fingerprint density at radius 1 is 0.227 bits per heavy atom. The van der Waals surface area contributed by atoms with Gasteiger partial charge in [-0.3, -0.25) is 0 Å². The van der Waals surface area contributed by atoms with Gasteiger partial charge < -0.3 is 33.2 Å². The van der Waals surface area contributed by atoms with Gasteiger partial charge in [0.15, 0.2) is 5.75 Å². The zero-order valence-corrected chi connectivity index (χ0v) is 85.6. The lowest BCUT2D eigenvalue weighted by Crippen LogP contribution is -2.23. The molecule has 16 rings (SSSR count). The average Bonchev–Trinajstić information content (AvgIpc) is 0.714. The van der Waals surface area contributed by atoms with E-state index >= 15 is 0 Å². The molecule has 141 heavy (non-hydrogen) atoms. The standard InChI is InChI=1S/C31H32N2O.C23H32N2O.C20H18N2OS.C17H14N2O.C15H16N2O2.C15H16N2O/c1-30(2,23-15-9-6-10-16-23)25-21-27(31(3,4)24-17-11-7-12-18-24)29(34-5)28(22-25)33-32-26-19-13-8-14-20-26;1-8-22(3,4)17-15-19(23(5,6)9-2)21(26-7)20(16-17)25-24-18-13-11-10-12-14-18;1-15-13-18(24-17-11-7-4-8-12-17)14-19(20(15)23-2)22-21-16-9-5-3-6-10-16;1-20-17-15-10-6-5-7-13(15)11-12-16(17)19-18-14-8-3-2-4-9-14;1-11-9-13(18-2)10-14(15(11)19-3)17-16-12-7-5-4-6-8-12;1-11-9-12(2)15(18-3)14(10-11)17-16-13-7-5-4-6-8-13/h6-22H,1-5H3;10-16H,8-9H2,1-7H3;3-14H,1-2H3;2-12H,1H3;4-10H,1-3H3;4-10H,1-3H3. The van der Waals surface area contributed by atoms with Crippen LogP contribution in [0.2, 0.25) is 0 Å². The summed E-state index contributed by atoms with van der Waals surface area (Å²) in [5.74, 6) is 5.31. The fraction of sp³-hybridized carbons (Fsp3) is 0.223. The molecule has 0 bridgehead atoms. The summed E-state index contributed by atoms with van der Waals surface area (Å²) >= 11 is 1.70. The van der Waals surface area contributed by atoms with Gasteiger partial charge in [0.05, 0.1) is 83.9 Å². The summed E-state index contributed by atoms with van der Waals surface area (Å²) in [6, 6.07) is 122. The van der Waals surface area contributed by atoms with Crippen LogP contribution in [0, 0.1) is 27.7 Å². The van der Waals surface area contributed by atoms with Gasteiger partial charge in [-0.15, -0.1) is 30.7 Å². The molecule has 0 spiro atoms. The van der Waals surface area contributed by atoms with Gasteiger partial charge in [-0.1, -0.05) is 318 Å². The monoisotopic (exact) mass is 1890 g/mol. The summed E-state index contributed by atoms with van der Waals surface area (Å²) in [6.07, 6.45) is 2.08. The maximum absolute atomic E-state index is 5.99. The Kier molecular flexibility index (Phi) is 39.2. The number of benzene rings is 16. The topological polar surface area (TPSA) is 213 Å². The molecule has 0 aromatic heterocycles. The third-order valence-corrected chi connectivity index (χ3v) is 25.1. The highest BCUT2D eigenvalue weighted by Crippen LogP contribution is 2.50. The molecule has 0 unspecified atom stereocenters. The second-order valence-electron chi connectivity index (χ2n) is 35.5. The van der Waals surface area contributed by atoms with E-state index in [2.05, 4.69) is 240 Å². The first-order chi connectivity index (χ1) is 68.2. The molecule has 16 aromatic carbocycles. The van der Waals surface area contributed by atoms with Crippen LogP contribution in [0.4, 0.5) is 68.2 Å². The molecule has 0 aliphatic carbocycles. The third-order valence-electron chi connectivity index (χ3n) is 24.1. The predicted octanol–water partition coefficient (Wildman–Crippen LogP) is 37.2. The Morgan fingerprint density at radius 3 is 0.943 bits per heavy atom. The quantitative estimate of drug-likeness (QED) is 0.0410. The number of nitrogens with zero attached hydrogens (tertiary/aromatic N) is 12. The molecule has 0 atom stereocenters. The van der Waals surface area contributed by atoms with Crippen LogP contribution in [0.5, 0.6) is 40.2 Å². The molecule has 19 nitrogen and oxygen atoms in total. The van der Waals surface area contributed by atoms with Gasteiger partial charge in [0.25, 0.3) is 0 Å². The molecule has 0 aliphatic rings. The predicted molar refractivity (Wildman–Crippen MR) is 579 cm³/mol. The number of aryl methyl sites for hydroxylation is 4. The van der Waals surface area contributed by atoms with Crippen molar-refractivity contribution in [3.63, 3.8) is 0 Å². The summed E-state index contributed by atoms with van der Waals surface area (Å²) < 4.78 is 38.7. The molecule has 20 heteroatoms. The number of rotatable bonds is 29. The number of azo groups is 6. The molecule has 0 saturated heterocycles. The summed E-state index contributed by atoms with van der Waals surface area (Å²) in [7, 11) is 11.6. The van der Waals surface area contributed by atoms with Crippen LogP contribution in [-0.2, 0) is 21.7 Å². The minimum Gasteiger partial charge on any atom is -0.497 e. The molecule has 0 heterocycles. The van der Waals surface area contributed by atoms with Crippen LogP contribution >= 0.6 is 11.8 Å². The number of ether oxygens (including phenoxy) is 7. The van der Waals surface area contributed by atoms with Crippen molar-refractivity contribution in [1.82, 2.24) is 0 Å². The minimum absolute atomic E-state index is 0.00217. The summed E-state index contributed by atoms with van der Waals surface area (Å²) in [5, 5.41) is 54.5. The van der Waals surface area contributed by atoms with E-state index in [-0.39, 0.29) is 21.7 Å². The Balaban J connectivity index is 0.000000164. The molecule has 0 radical (unpaired) electrons. The normalized spacial score (nSPS) is 11.5. The summed E-state index contributed by atoms with van der Waals surface area (Å²) in [4.78, 5) is 2.30. The highest BCUT2D eigenvalue weighted by Gasteiger charge is 2.34. The summed E-state index contributed by atoms with van der Waals surface area (Å²) in [5.41, 5.74) is 20.3. The van der Waals surface area contributed by atoms with E-state index in [0.717, 1.165) is 153 Å². The molecular weight excluding hydrogens is 1770 g/mol. The molecular formula is C121H128N12O7S. The molecule has 0 N–H and O–H groups in total. The summed E-state index contributed by atoms with van der Waals surface area (Å²) in [6.45, 7) is 30.5. The van der Waals surface area contributed by atoms with Crippen molar-refractivity contribution >= 4 is 90.8 Å². The van der Waals surface area contributed by atoms with Crippen LogP contribution in [0.3, 0.4) is 0 Å². The lowest BCUT2D eigenvalue weighted by Gasteiger charge is -2.32. The maximum atomic E-state index is 5.99. The zero-order valence-electron chi connectivity index (χ0n) is 84.8. The van der Waals surface area contributed by atoms with Crippen LogP contribution in [0.1, 0.15) is 138 Å². The molecule has 0 saturated carbocycles. The average molecular weight is 1890 g/mol. The van der Waals surface area contributed by atoms with Crippen molar-refractivity contribution in [2.75, 3.05) is 49.8 Å². The van der Waals surface area contributed by atoms with Crippen LogP contribution in [0.25, 0.3) is 10.8 Å². The van der Waals surface area contributed by atoms with Gasteiger partial charge in [-0.05, 0) is 229 Å². The van der Waals surface area contributed by atoms with E-state index in [1.807, 2.05) is 282 Å². The molecule has 0 fully saturated rings. The van der Waals surface area contributed by atoms with E-state index in [4.69, 9.17) is 33.2 Å². The minimum atomic E-state index is -0.299. The lowest BCUT2D eigenvalue weighted by molar-refractivity contribution is 0.388. The van der Waals surface area contributed by atoms with Gasteiger partial charge in [0, 0.05) is 43.2 Å². The Labute approximate surface area is 836 Å². The second-order valence-corrected chi connectivity index (χ2v) is 36.6. The Morgan fingerprint density at radius 2 is 0.546 bits per heavy atom. The highest BCUT2D eigenvalue weighted by molar-refractivity contribution is 7.99. The SMILES string of the molecule is CCC(C)(C)c1cc(N=Nc2ccccc2)c(OC)c(C(C)(C)CC)c1.COc1c(C)cc(C)cc1N=Nc1ccccc1.COc1c(C)cc(Sc2ccccc2)cc1N=Nc1ccccc1.COc1c(N=Nc2ccccc2)cc(C(C)(C)c2ccccc2)cc1C(C)(C)c1ccccc1.COc1c(N=Nc2ccccc2)ccc2ccccc12.COc1cc(C)c(OC)c(N=Nc2ccccc2)c1. The van der Waals surface area contributed by atoms with Crippen LogP contribution in [0.15, 0.2) is 441 Å². The number of hydrogen-bond donors (Lipinski definition) is 0. The fourth-order valence-electron chi connectivity index (χ4n) is 15.3. The molecule has 16 aromatic rings. The largest absolute Gasteiger partial charge is 0.497 e. The lowest BCUT2D eigenvalue weighted by atomic mass is 9.72. The van der Waals surface area contributed by atoms with Gasteiger partial charge in [0.1, 0.15) is 68.6 Å². The first kappa shape index (κ1) is 106. The number of fused-ring (bicyclic) bond motifs is 1. The van der Waals surface area contributed by atoms with Crippen molar-refractivity contribution in [1.29, 1.82) is 0 Å². The number of methoxy groups -OCH3 is 7. The van der Waals surface area contributed by atoms with E-state index in [1.165, 1.54) is 32.7 Å². The van der Waals surface area contributed by atoms with E-state index < -0.39 is 0 Å². The van der Waals surface area contributed by atoms with E-state index in [9.17, 15) is 0 Å². The van der Waals surface area contributed by atoms with Crippen molar-refractivity contribution in [3.05, 3.63) is 426 Å². The van der Waals surface area contributed by atoms with Gasteiger partial charge in [0.2, 0.25) is 0 Å². The van der Waals surface area contributed by atoms with Crippen LogP contribution < -0.4 is 33.2 Å². The Bertz CT molecular complexity index is 6860. The Hall–Kier alpha value is -15.7. The van der Waals surface area contributed by atoms with Gasteiger partial charge >= 0.3 is 0 Å². The molecule has 720 valence electrons.